The van der Waals surface area contributed by atoms with Gasteiger partial charge in [-0.05, 0) is 30.5 Å². The number of imidazole rings is 1. The molecule has 2 heteroatoms. The van der Waals surface area contributed by atoms with Gasteiger partial charge in [-0.2, -0.15) is 0 Å². The van der Waals surface area contributed by atoms with Gasteiger partial charge in [0.25, 0.3) is 0 Å². The maximum Gasteiger partial charge on any atom is 0.0954 e. The molecule has 0 radical (unpaired) electrons. The highest BCUT2D eigenvalue weighted by atomic mass is 15.0. The predicted octanol–water partition coefficient (Wildman–Crippen LogP) is 4.22. The topological polar surface area (TPSA) is 17.8 Å². The maximum absolute atomic E-state index is 4.34. The lowest BCUT2D eigenvalue weighted by Gasteiger charge is -2.07. The van der Waals surface area contributed by atoms with Crippen molar-refractivity contribution in [2.24, 2.45) is 0 Å². The fraction of sp³-hybridized carbons (Fsp3) is 0.167. The Bertz CT molecular complexity index is 694. The molecule has 0 unspecified atom stereocenters. The molecule has 0 N–H and O–H groups in total. The summed E-state index contributed by atoms with van der Waals surface area (Å²) < 4.78 is 2.19. The van der Waals surface area contributed by atoms with E-state index in [1.54, 1.807) is 0 Å². The molecule has 0 aliphatic rings. The van der Waals surface area contributed by atoms with E-state index in [0.29, 0.717) is 0 Å². The quantitative estimate of drug-likeness (QED) is 0.691. The van der Waals surface area contributed by atoms with Gasteiger partial charge in [0.15, 0.2) is 0 Å². The van der Waals surface area contributed by atoms with E-state index in [2.05, 4.69) is 65.0 Å². The summed E-state index contributed by atoms with van der Waals surface area (Å²) in [6.45, 7) is 5.03. The Morgan fingerprint density at radius 1 is 0.850 bits per heavy atom. The van der Waals surface area contributed by atoms with Gasteiger partial charge in [0.05, 0.1) is 12.0 Å². The highest BCUT2D eigenvalue weighted by molar-refractivity contribution is 5.63. The summed E-state index contributed by atoms with van der Waals surface area (Å²) in [5.41, 5.74) is 6.15. The molecule has 2 aromatic carbocycles. The number of benzene rings is 2. The van der Waals surface area contributed by atoms with E-state index in [4.69, 9.17) is 0 Å². The molecule has 20 heavy (non-hydrogen) atoms. The van der Waals surface area contributed by atoms with Gasteiger partial charge in [0.1, 0.15) is 0 Å². The average Bonchev–Trinajstić information content (AvgIpc) is 2.81. The standard InChI is InChI=1S/C18H18N2/c1-14-15(2)20(13-19-14)12-16-8-10-18(11-9-16)17-6-4-3-5-7-17/h3-11,13H,12H2,1-2H3. The molecule has 0 aliphatic heterocycles. The van der Waals surface area contributed by atoms with E-state index in [-0.39, 0.29) is 0 Å². The van der Waals surface area contributed by atoms with Crippen molar-refractivity contribution < 1.29 is 0 Å². The Morgan fingerprint density at radius 2 is 1.50 bits per heavy atom. The fourth-order valence-electron chi connectivity index (χ4n) is 2.33. The van der Waals surface area contributed by atoms with Crippen molar-refractivity contribution in [1.29, 1.82) is 0 Å². The normalized spacial score (nSPS) is 10.7. The van der Waals surface area contributed by atoms with Gasteiger partial charge in [-0.3, -0.25) is 0 Å². The summed E-state index contributed by atoms with van der Waals surface area (Å²) in [7, 11) is 0. The molecule has 0 saturated carbocycles. The zero-order chi connectivity index (χ0) is 13.9. The van der Waals surface area contributed by atoms with E-state index in [1.807, 2.05) is 19.3 Å². The molecule has 100 valence electrons. The second-order valence-electron chi connectivity index (χ2n) is 5.11. The van der Waals surface area contributed by atoms with Crippen LogP contribution < -0.4 is 0 Å². The Morgan fingerprint density at radius 3 is 2.10 bits per heavy atom. The smallest absolute Gasteiger partial charge is 0.0954 e. The van der Waals surface area contributed by atoms with Crippen LogP contribution in [0.2, 0.25) is 0 Å². The molecule has 0 amide bonds. The van der Waals surface area contributed by atoms with Crippen LogP contribution in [-0.4, -0.2) is 9.55 Å². The van der Waals surface area contributed by atoms with E-state index in [1.165, 1.54) is 22.4 Å². The van der Waals surface area contributed by atoms with Crippen molar-refractivity contribution in [3.8, 4) is 11.1 Å². The van der Waals surface area contributed by atoms with E-state index >= 15 is 0 Å². The number of nitrogens with zero attached hydrogens (tertiary/aromatic N) is 2. The molecule has 0 aliphatic carbocycles. The van der Waals surface area contributed by atoms with Gasteiger partial charge >= 0.3 is 0 Å². The van der Waals surface area contributed by atoms with Crippen LogP contribution in [0.5, 0.6) is 0 Å². The molecular formula is C18H18N2. The highest BCUT2D eigenvalue weighted by Crippen LogP contribution is 2.19. The van der Waals surface area contributed by atoms with Crippen molar-refractivity contribution in [3.05, 3.63) is 77.9 Å². The minimum absolute atomic E-state index is 0.877. The molecule has 0 spiro atoms. The summed E-state index contributed by atoms with van der Waals surface area (Å²) in [4.78, 5) is 4.34. The minimum atomic E-state index is 0.877. The Kier molecular flexibility index (Phi) is 3.38. The zero-order valence-electron chi connectivity index (χ0n) is 11.9. The lowest BCUT2D eigenvalue weighted by atomic mass is 10.0. The van der Waals surface area contributed by atoms with Gasteiger partial charge in [-0.1, -0.05) is 54.6 Å². The van der Waals surface area contributed by atoms with Crippen molar-refractivity contribution in [2.75, 3.05) is 0 Å². The van der Waals surface area contributed by atoms with Crippen LogP contribution in [0.4, 0.5) is 0 Å². The van der Waals surface area contributed by atoms with Crippen LogP contribution in [0.1, 0.15) is 17.0 Å². The third-order valence-electron chi connectivity index (χ3n) is 3.76. The van der Waals surface area contributed by atoms with E-state index in [0.717, 1.165) is 12.2 Å². The Labute approximate surface area is 119 Å². The van der Waals surface area contributed by atoms with Crippen molar-refractivity contribution in [3.63, 3.8) is 0 Å². The zero-order valence-corrected chi connectivity index (χ0v) is 11.9. The number of aromatic nitrogens is 2. The third kappa shape index (κ3) is 2.50. The monoisotopic (exact) mass is 262 g/mol. The first-order valence-electron chi connectivity index (χ1n) is 6.87. The summed E-state index contributed by atoms with van der Waals surface area (Å²) in [6, 6.07) is 19.2. The predicted molar refractivity (Wildman–Crippen MR) is 82.7 cm³/mol. The molecule has 3 aromatic rings. The Hall–Kier alpha value is -2.35. The summed E-state index contributed by atoms with van der Waals surface area (Å²) in [5.74, 6) is 0. The minimum Gasteiger partial charge on any atom is -0.330 e. The lowest BCUT2D eigenvalue weighted by molar-refractivity contribution is 0.769. The van der Waals surface area contributed by atoms with Crippen LogP contribution in [0.3, 0.4) is 0 Å². The molecular weight excluding hydrogens is 244 g/mol. The second-order valence-corrected chi connectivity index (χ2v) is 5.11. The van der Waals surface area contributed by atoms with Gasteiger partial charge in [0.2, 0.25) is 0 Å². The second kappa shape index (κ2) is 5.33. The average molecular weight is 262 g/mol. The molecule has 0 bridgehead atoms. The van der Waals surface area contributed by atoms with Crippen LogP contribution >= 0.6 is 0 Å². The number of rotatable bonds is 3. The van der Waals surface area contributed by atoms with Crippen LogP contribution in [-0.2, 0) is 6.54 Å². The lowest BCUT2D eigenvalue weighted by Crippen LogP contribution is -2.00. The largest absolute Gasteiger partial charge is 0.330 e. The molecule has 2 nitrogen and oxygen atoms in total. The molecule has 1 heterocycles. The van der Waals surface area contributed by atoms with Gasteiger partial charge in [-0.15, -0.1) is 0 Å². The number of aryl methyl sites for hydroxylation is 1. The SMILES string of the molecule is Cc1ncn(Cc2ccc(-c3ccccc3)cc2)c1C. The first kappa shape index (κ1) is 12.7. The Balaban J connectivity index is 1.82. The van der Waals surface area contributed by atoms with Gasteiger partial charge in [-0.25, -0.2) is 4.98 Å². The summed E-state index contributed by atoms with van der Waals surface area (Å²) >= 11 is 0. The molecule has 0 atom stereocenters. The van der Waals surface area contributed by atoms with Crippen molar-refractivity contribution in [1.82, 2.24) is 9.55 Å². The van der Waals surface area contributed by atoms with Crippen LogP contribution in [0.15, 0.2) is 60.9 Å². The van der Waals surface area contributed by atoms with Gasteiger partial charge in [0, 0.05) is 12.2 Å². The van der Waals surface area contributed by atoms with Crippen LogP contribution in [0.25, 0.3) is 11.1 Å². The first-order valence-corrected chi connectivity index (χ1v) is 6.87. The van der Waals surface area contributed by atoms with E-state index in [9.17, 15) is 0 Å². The maximum atomic E-state index is 4.34. The first-order chi connectivity index (χ1) is 9.74. The van der Waals surface area contributed by atoms with E-state index < -0.39 is 0 Å². The molecule has 0 saturated heterocycles. The van der Waals surface area contributed by atoms with Crippen molar-refractivity contribution >= 4 is 0 Å². The fourth-order valence-corrected chi connectivity index (χ4v) is 2.33. The summed E-state index contributed by atoms with van der Waals surface area (Å²) in [6.07, 6.45) is 1.91. The molecule has 0 fully saturated rings. The molecule has 1 aromatic heterocycles. The third-order valence-corrected chi connectivity index (χ3v) is 3.76. The highest BCUT2D eigenvalue weighted by Gasteiger charge is 2.03. The number of hydrogen-bond donors (Lipinski definition) is 0. The van der Waals surface area contributed by atoms with Crippen molar-refractivity contribution in [2.45, 2.75) is 20.4 Å². The van der Waals surface area contributed by atoms with Gasteiger partial charge < -0.3 is 4.57 Å². The number of hydrogen-bond acceptors (Lipinski definition) is 1. The van der Waals surface area contributed by atoms with Crippen LogP contribution in [0, 0.1) is 13.8 Å². The summed E-state index contributed by atoms with van der Waals surface area (Å²) in [5, 5.41) is 0. The molecule has 3 rings (SSSR count).